The molecule has 0 saturated carbocycles. The van der Waals surface area contributed by atoms with Crippen molar-refractivity contribution in [2.24, 2.45) is 0 Å². The van der Waals surface area contributed by atoms with E-state index in [-0.39, 0.29) is 24.5 Å². The molecule has 0 bridgehead atoms. The van der Waals surface area contributed by atoms with Gasteiger partial charge in [-0.3, -0.25) is 9.59 Å². The third-order valence-electron chi connectivity index (χ3n) is 4.18. The van der Waals surface area contributed by atoms with Crippen LogP contribution in [0.1, 0.15) is 28.8 Å². The Morgan fingerprint density at radius 2 is 1.69 bits per heavy atom. The van der Waals surface area contributed by atoms with Crippen LogP contribution in [0.4, 0.5) is 4.39 Å². The summed E-state index contributed by atoms with van der Waals surface area (Å²) in [5.74, 6) is 0.693. The van der Waals surface area contributed by atoms with Crippen molar-refractivity contribution in [2.75, 3.05) is 20.3 Å². The number of nitrogens with zero attached hydrogens (tertiary/aromatic N) is 1. The third-order valence-corrected chi connectivity index (χ3v) is 4.18. The summed E-state index contributed by atoms with van der Waals surface area (Å²) >= 11 is 0. The summed E-state index contributed by atoms with van der Waals surface area (Å²) in [6.07, 6.45) is 0.202. The number of rotatable bonds is 6. The second kappa shape index (κ2) is 7.99. The number of hydrogen-bond donors (Lipinski definition) is 0. The normalized spacial score (nSPS) is 12.5. The molecule has 0 radical (unpaired) electrons. The maximum Gasteiger partial charge on any atom is 0.223 e. The summed E-state index contributed by atoms with van der Waals surface area (Å²) in [5, 5.41) is 0. The zero-order valence-electron chi connectivity index (χ0n) is 14.5. The first-order valence-electron chi connectivity index (χ1n) is 8.44. The van der Waals surface area contributed by atoms with Gasteiger partial charge in [0.2, 0.25) is 5.91 Å². The number of Topliss-reactive ketones (excluding diaryl/α,β-unsaturated/α-hetero) is 1. The second-order valence-corrected chi connectivity index (χ2v) is 6.16. The zero-order chi connectivity index (χ0) is 18.5. The molecular formula is C20H20FNO4. The van der Waals surface area contributed by atoms with E-state index >= 15 is 0 Å². The fourth-order valence-corrected chi connectivity index (χ4v) is 2.74. The van der Waals surface area contributed by atoms with E-state index in [0.29, 0.717) is 36.8 Å². The van der Waals surface area contributed by atoms with Crippen molar-refractivity contribution in [2.45, 2.75) is 19.4 Å². The molecule has 0 saturated heterocycles. The van der Waals surface area contributed by atoms with Crippen molar-refractivity contribution in [1.82, 2.24) is 4.90 Å². The lowest BCUT2D eigenvalue weighted by molar-refractivity contribution is -0.130. The summed E-state index contributed by atoms with van der Waals surface area (Å²) in [4.78, 5) is 25.9. The topological polar surface area (TPSA) is 55.8 Å². The van der Waals surface area contributed by atoms with Crippen molar-refractivity contribution < 1.29 is 23.5 Å². The Bertz CT molecular complexity index is 804. The fourth-order valence-electron chi connectivity index (χ4n) is 2.74. The lowest BCUT2D eigenvalue weighted by atomic mass is 10.1. The molecule has 2 aromatic carbocycles. The van der Waals surface area contributed by atoms with Crippen molar-refractivity contribution >= 4 is 11.7 Å². The summed E-state index contributed by atoms with van der Waals surface area (Å²) < 4.78 is 23.9. The van der Waals surface area contributed by atoms with Crippen LogP contribution in [0, 0.1) is 5.82 Å². The van der Waals surface area contributed by atoms with Gasteiger partial charge in [-0.05, 0) is 42.0 Å². The maximum atomic E-state index is 12.9. The molecule has 6 heteroatoms. The quantitative estimate of drug-likeness (QED) is 0.745. The molecule has 1 heterocycles. The number of ketones is 1. The van der Waals surface area contributed by atoms with E-state index in [1.807, 2.05) is 18.2 Å². The number of ether oxygens (including phenoxy) is 2. The second-order valence-electron chi connectivity index (χ2n) is 6.16. The van der Waals surface area contributed by atoms with Gasteiger partial charge in [-0.2, -0.15) is 0 Å². The molecule has 1 amide bonds. The van der Waals surface area contributed by atoms with Crippen LogP contribution in [-0.4, -0.2) is 36.9 Å². The van der Waals surface area contributed by atoms with Gasteiger partial charge in [-0.15, -0.1) is 0 Å². The predicted octanol–water partition coefficient (Wildman–Crippen LogP) is 3.22. The van der Waals surface area contributed by atoms with Gasteiger partial charge < -0.3 is 14.4 Å². The molecule has 0 unspecified atom stereocenters. The minimum absolute atomic E-state index is 0.0932. The monoisotopic (exact) mass is 357 g/mol. The lowest BCUT2D eigenvalue weighted by Gasteiger charge is -2.21. The number of amides is 1. The first-order valence-corrected chi connectivity index (χ1v) is 8.44. The minimum atomic E-state index is -0.392. The Kier molecular flexibility index (Phi) is 5.51. The highest BCUT2D eigenvalue weighted by Gasteiger charge is 2.16. The van der Waals surface area contributed by atoms with Gasteiger partial charge in [0.1, 0.15) is 19.0 Å². The van der Waals surface area contributed by atoms with Crippen LogP contribution < -0.4 is 9.47 Å². The van der Waals surface area contributed by atoms with Crippen LogP contribution in [0.15, 0.2) is 42.5 Å². The lowest BCUT2D eigenvalue weighted by Crippen LogP contribution is -2.26. The number of halogens is 1. The van der Waals surface area contributed by atoms with Gasteiger partial charge in [0.05, 0.1) is 0 Å². The number of carbonyl (C=O) groups is 2. The highest BCUT2D eigenvalue weighted by Crippen LogP contribution is 2.31. The highest BCUT2D eigenvalue weighted by atomic mass is 19.1. The van der Waals surface area contributed by atoms with E-state index in [9.17, 15) is 14.0 Å². The summed E-state index contributed by atoms with van der Waals surface area (Å²) in [6, 6.07) is 10.9. The summed E-state index contributed by atoms with van der Waals surface area (Å²) in [7, 11) is 1.70. The van der Waals surface area contributed by atoms with Gasteiger partial charge in [0, 0.05) is 32.0 Å². The minimum Gasteiger partial charge on any atom is -0.486 e. The molecule has 1 aliphatic heterocycles. The van der Waals surface area contributed by atoms with E-state index in [1.165, 1.54) is 24.3 Å². The molecule has 5 nitrogen and oxygen atoms in total. The first kappa shape index (κ1) is 17.9. The molecule has 136 valence electrons. The van der Waals surface area contributed by atoms with Crippen LogP contribution in [0.3, 0.4) is 0 Å². The molecule has 0 atom stereocenters. The number of carbonyl (C=O) groups excluding carboxylic acids is 2. The smallest absolute Gasteiger partial charge is 0.223 e. The molecule has 26 heavy (non-hydrogen) atoms. The fraction of sp³-hybridized carbons (Fsp3) is 0.300. The zero-order valence-corrected chi connectivity index (χ0v) is 14.5. The molecule has 2 aromatic rings. The standard InChI is InChI=1S/C20H20FNO4/c1-22(13-14-2-8-18-19(12-14)26-11-10-25-18)20(24)9-7-17(23)15-3-5-16(21)6-4-15/h2-6,8,12H,7,9-11,13H2,1H3. The average molecular weight is 357 g/mol. The van der Waals surface area contributed by atoms with Crippen LogP contribution in [-0.2, 0) is 11.3 Å². The van der Waals surface area contributed by atoms with Crippen molar-refractivity contribution in [3.05, 3.63) is 59.4 Å². The van der Waals surface area contributed by atoms with Crippen molar-refractivity contribution in [1.29, 1.82) is 0 Å². The van der Waals surface area contributed by atoms with E-state index in [0.717, 1.165) is 5.56 Å². The van der Waals surface area contributed by atoms with Crippen molar-refractivity contribution in [3.63, 3.8) is 0 Å². The number of hydrogen-bond acceptors (Lipinski definition) is 4. The van der Waals surface area contributed by atoms with E-state index in [4.69, 9.17) is 9.47 Å². The Balaban J connectivity index is 1.53. The predicted molar refractivity (Wildman–Crippen MR) is 93.9 cm³/mol. The Hall–Kier alpha value is -2.89. The Labute approximate surface area is 151 Å². The van der Waals surface area contributed by atoms with Crippen LogP contribution in [0.5, 0.6) is 11.5 Å². The molecule has 0 spiro atoms. The van der Waals surface area contributed by atoms with Gasteiger partial charge in [-0.1, -0.05) is 6.07 Å². The maximum absolute atomic E-state index is 12.9. The summed E-state index contributed by atoms with van der Waals surface area (Å²) in [5.41, 5.74) is 1.34. The molecular weight excluding hydrogens is 337 g/mol. The van der Waals surface area contributed by atoms with Crippen LogP contribution in [0.2, 0.25) is 0 Å². The van der Waals surface area contributed by atoms with E-state index in [1.54, 1.807) is 11.9 Å². The Morgan fingerprint density at radius 3 is 2.42 bits per heavy atom. The SMILES string of the molecule is CN(Cc1ccc2c(c1)OCCO2)C(=O)CCC(=O)c1ccc(F)cc1. The van der Waals surface area contributed by atoms with Crippen molar-refractivity contribution in [3.8, 4) is 11.5 Å². The van der Waals surface area contributed by atoms with E-state index < -0.39 is 5.82 Å². The van der Waals surface area contributed by atoms with Gasteiger partial charge in [0.25, 0.3) is 0 Å². The molecule has 0 aromatic heterocycles. The molecule has 0 aliphatic carbocycles. The average Bonchev–Trinajstić information content (AvgIpc) is 2.66. The Morgan fingerprint density at radius 1 is 1.00 bits per heavy atom. The van der Waals surface area contributed by atoms with E-state index in [2.05, 4.69) is 0 Å². The number of benzene rings is 2. The molecule has 3 rings (SSSR count). The van der Waals surface area contributed by atoms with Gasteiger partial charge in [0.15, 0.2) is 17.3 Å². The largest absolute Gasteiger partial charge is 0.486 e. The van der Waals surface area contributed by atoms with Crippen LogP contribution in [0.25, 0.3) is 0 Å². The first-order chi connectivity index (χ1) is 12.5. The summed E-state index contributed by atoms with van der Waals surface area (Å²) in [6.45, 7) is 1.46. The molecule has 1 aliphatic rings. The van der Waals surface area contributed by atoms with Gasteiger partial charge in [-0.25, -0.2) is 4.39 Å². The van der Waals surface area contributed by atoms with Crippen LogP contribution >= 0.6 is 0 Å². The molecule has 0 N–H and O–H groups in total. The van der Waals surface area contributed by atoms with Gasteiger partial charge >= 0.3 is 0 Å². The molecule has 0 fully saturated rings. The number of fused-ring (bicyclic) bond motifs is 1. The highest BCUT2D eigenvalue weighted by molar-refractivity contribution is 5.97. The third kappa shape index (κ3) is 4.39.